The SMILES string of the molecule is Cc1ccccc1OCC(C)NC(=O)COc1cccc(C)c1C. The normalized spacial score (nSPS) is 11.7. The molecule has 128 valence electrons. The van der Waals surface area contributed by atoms with Crippen molar-refractivity contribution in [2.75, 3.05) is 13.2 Å². The summed E-state index contributed by atoms with van der Waals surface area (Å²) in [5.41, 5.74) is 3.28. The number of hydrogen-bond donors (Lipinski definition) is 1. The van der Waals surface area contributed by atoms with Crippen LogP contribution in [0, 0.1) is 20.8 Å². The zero-order chi connectivity index (χ0) is 17.5. The lowest BCUT2D eigenvalue weighted by Gasteiger charge is -2.17. The van der Waals surface area contributed by atoms with Gasteiger partial charge in [0.05, 0.1) is 6.04 Å². The molecular weight excluding hydrogens is 302 g/mol. The molecule has 0 aliphatic rings. The van der Waals surface area contributed by atoms with Gasteiger partial charge < -0.3 is 14.8 Å². The summed E-state index contributed by atoms with van der Waals surface area (Å²) in [6.07, 6.45) is 0. The molecule has 0 bridgehead atoms. The number of benzene rings is 2. The van der Waals surface area contributed by atoms with Crippen molar-refractivity contribution in [1.82, 2.24) is 5.32 Å². The van der Waals surface area contributed by atoms with Crippen molar-refractivity contribution in [3.8, 4) is 11.5 Å². The molecule has 1 atom stereocenters. The van der Waals surface area contributed by atoms with Gasteiger partial charge in [-0.25, -0.2) is 0 Å². The van der Waals surface area contributed by atoms with Crippen molar-refractivity contribution in [3.63, 3.8) is 0 Å². The van der Waals surface area contributed by atoms with Crippen LogP contribution in [0.5, 0.6) is 11.5 Å². The van der Waals surface area contributed by atoms with Crippen molar-refractivity contribution >= 4 is 5.91 Å². The monoisotopic (exact) mass is 327 g/mol. The Morgan fingerprint density at radius 3 is 2.38 bits per heavy atom. The summed E-state index contributed by atoms with van der Waals surface area (Å²) in [7, 11) is 0. The lowest BCUT2D eigenvalue weighted by Crippen LogP contribution is -2.39. The fourth-order valence-electron chi connectivity index (χ4n) is 2.32. The number of carbonyl (C=O) groups is 1. The minimum atomic E-state index is -0.156. The van der Waals surface area contributed by atoms with E-state index in [1.54, 1.807) is 0 Å². The number of nitrogens with one attached hydrogen (secondary N) is 1. The average Bonchev–Trinajstić information content (AvgIpc) is 2.55. The smallest absolute Gasteiger partial charge is 0.258 e. The fraction of sp³-hybridized carbons (Fsp3) is 0.350. The van der Waals surface area contributed by atoms with E-state index in [0.717, 1.165) is 28.2 Å². The molecule has 0 spiro atoms. The van der Waals surface area contributed by atoms with Crippen LogP contribution in [0.25, 0.3) is 0 Å². The summed E-state index contributed by atoms with van der Waals surface area (Å²) in [5, 5.41) is 2.88. The van der Waals surface area contributed by atoms with E-state index >= 15 is 0 Å². The summed E-state index contributed by atoms with van der Waals surface area (Å²) in [4.78, 5) is 12.0. The highest BCUT2D eigenvalue weighted by Crippen LogP contribution is 2.20. The van der Waals surface area contributed by atoms with E-state index in [9.17, 15) is 4.79 Å². The Hall–Kier alpha value is -2.49. The van der Waals surface area contributed by atoms with Crippen molar-refractivity contribution in [2.45, 2.75) is 33.7 Å². The molecule has 4 nitrogen and oxygen atoms in total. The Labute approximate surface area is 143 Å². The van der Waals surface area contributed by atoms with E-state index in [4.69, 9.17) is 9.47 Å². The van der Waals surface area contributed by atoms with Crippen molar-refractivity contribution in [3.05, 3.63) is 59.2 Å². The van der Waals surface area contributed by atoms with Gasteiger partial charge in [0, 0.05) is 0 Å². The number of para-hydroxylation sites is 1. The molecule has 2 aromatic carbocycles. The van der Waals surface area contributed by atoms with Gasteiger partial charge in [-0.2, -0.15) is 0 Å². The third-order valence-corrected chi connectivity index (χ3v) is 3.90. The van der Waals surface area contributed by atoms with E-state index < -0.39 is 0 Å². The third kappa shape index (κ3) is 5.01. The van der Waals surface area contributed by atoms with Crippen molar-refractivity contribution in [2.24, 2.45) is 0 Å². The molecule has 2 rings (SSSR count). The maximum absolute atomic E-state index is 12.0. The highest BCUT2D eigenvalue weighted by molar-refractivity contribution is 5.77. The summed E-state index contributed by atoms with van der Waals surface area (Å²) in [5.74, 6) is 1.43. The van der Waals surface area contributed by atoms with Crippen LogP contribution in [-0.4, -0.2) is 25.2 Å². The molecule has 0 heterocycles. The van der Waals surface area contributed by atoms with Crippen molar-refractivity contribution < 1.29 is 14.3 Å². The second kappa shape index (κ2) is 8.39. The molecule has 0 radical (unpaired) electrons. The van der Waals surface area contributed by atoms with Gasteiger partial charge in [-0.3, -0.25) is 4.79 Å². The molecule has 24 heavy (non-hydrogen) atoms. The van der Waals surface area contributed by atoms with Gasteiger partial charge in [0.1, 0.15) is 18.1 Å². The van der Waals surface area contributed by atoms with Crippen LogP contribution < -0.4 is 14.8 Å². The van der Waals surface area contributed by atoms with Gasteiger partial charge in [0.15, 0.2) is 6.61 Å². The predicted octanol–water partition coefficient (Wildman–Crippen LogP) is 3.57. The largest absolute Gasteiger partial charge is 0.491 e. The molecule has 1 unspecified atom stereocenters. The zero-order valence-electron chi connectivity index (χ0n) is 14.8. The highest BCUT2D eigenvalue weighted by Gasteiger charge is 2.10. The topological polar surface area (TPSA) is 47.6 Å². The molecule has 1 N–H and O–H groups in total. The maximum Gasteiger partial charge on any atom is 0.258 e. The lowest BCUT2D eigenvalue weighted by molar-refractivity contribution is -0.123. The molecule has 0 aliphatic heterocycles. The standard InChI is InChI=1S/C20H25NO3/c1-14-9-7-11-19(17(14)4)24-13-20(22)21-16(3)12-23-18-10-6-5-8-15(18)2/h5-11,16H,12-13H2,1-4H3,(H,21,22). The Morgan fingerprint density at radius 1 is 0.958 bits per heavy atom. The predicted molar refractivity (Wildman–Crippen MR) is 95.7 cm³/mol. The minimum absolute atomic E-state index is 0.000994. The van der Waals surface area contributed by atoms with E-state index in [1.807, 2.05) is 70.2 Å². The molecule has 0 saturated heterocycles. The molecule has 0 aromatic heterocycles. The van der Waals surface area contributed by atoms with Crippen LogP contribution in [0.1, 0.15) is 23.6 Å². The molecule has 0 saturated carbocycles. The number of hydrogen-bond acceptors (Lipinski definition) is 3. The molecule has 1 amide bonds. The number of carbonyl (C=O) groups excluding carboxylic acids is 1. The first kappa shape index (κ1) is 17.9. The van der Waals surface area contributed by atoms with Crippen LogP contribution in [0.2, 0.25) is 0 Å². The van der Waals surface area contributed by atoms with Gasteiger partial charge in [-0.05, 0) is 56.5 Å². The van der Waals surface area contributed by atoms with E-state index in [-0.39, 0.29) is 18.6 Å². The number of ether oxygens (including phenoxy) is 2. The first-order valence-corrected chi connectivity index (χ1v) is 8.14. The Morgan fingerprint density at radius 2 is 1.62 bits per heavy atom. The van der Waals surface area contributed by atoms with Crippen LogP contribution in [0.3, 0.4) is 0 Å². The Kier molecular flexibility index (Phi) is 6.24. The van der Waals surface area contributed by atoms with Crippen LogP contribution in [-0.2, 0) is 4.79 Å². The third-order valence-electron chi connectivity index (χ3n) is 3.90. The fourth-order valence-corrected chi connectivity index (χ4v) is 2.32. The van der Waals surface area contributed by atoms with Crippen molar-refractivity contribution in [1.29, 1.82) is 0 Å². The zero-order valence-corrected chi connectivity index (χ0v) is 14.8. The van der Waals surface area contributed by atoms with Crippen LogP contribution >= 0.6 is 0 Å². The number of aryl methyl sites for hydroxylation is 2. The van der Waals surface area contributed by atoms with E-state index in [1.165, 1.54) is 0 Å². The molecule has 4 heteroatoms. The number of rotatable bonds is 7. The molecule has 0 fully saturated rings. The molecule has 2 aromatic rings. The summed E-state index contributed by atoms with van der Waals surface area (Å²) < 4.78 is 11.4. The van der Waals surface area contributed by atoms with Gasteiger partial charge in [-0.1, -0.05) is 30.3 Å². The summed E-state index contributed by atoms with van der Waals surface area (Å²) in [6, 6.07) is 13.5. The Bertz CT molecular complexity index is 697. The minimum Gasteiger partial charge on any atom is -0.491 e. The van der Waals surface area contributed by atoms with Gasteiger partial charge in [0.2, 0.25) is 0 Å². The highest BCUT2D eigenvalue weighted by atomic mass is 16.5. The second-order valence-electron chi connectivity index (χ2n) is 6.03. The van der Waals surface area contributed by atoms with E-state index in [0.29, 0.717) is 6.61 Å². The first-order chi connectivity index (χ1) is 11.5. The first-order valence-electron chi connectivity index (χ1n) is 8.14. The van der Waals surface area contributed by atoms with Gasteiger partial charge in [-0.15, -0.1) is 0 Å². The Balaban J connectivity index is 1.77. The molecule has 0 aliphatic carbocycles. The van der Waals surface area contributed by atoms with Crippen LogP contribution in [0.15, 0.2) is 42.5 Å². The van der Waals surface area contributed by atoms with Gasteiger partial charge >= 0.3 is 0 Å². The molecular formula is C20H25NO3. The van der Waals surface area contributed by atoms with E-state index in [2.05, 4.69) is 5.32 Å². The quantitative estimate of drug-likeness (QED) is 0.845. The second-order valence-corrected chi connectivity index (χ2v) is 6.03. The summed E-state index contributed by atoms with van der Waals surface area (Å²) >= 11 is 0. The lowest BCUT2D eigenvalue weighted by atomic mass is 10.1. The number of amides is 1. The van der Waals surface area contributed by atoms with Gasteiger partial charge in [0.25, 0.3) is 5.91 Å². The average molecular weight is 327 g/mol. The van der Waals surface area contributed by atoms with Crippen LogP contribution in [0.4, 0.5) is 0 Å². The maximum atomic E-state index is 12.0. The summed E-state index contributed by atoms with van der Waals surface area (Å²) in [6.45, 7) is 8.33.